The van der Waals surface area contributed by atoms with Gasteiger partial charge in [-0.1, -0.05) is 32.1 Å². The van der Waals surface area contributed by atoms with Gasteiger partial charge < -0.3 is 10.6 Å². The first-order valence-corrected chi connectivity index (χ1v) is 8.26. The van der Waals surface area contributed by atoms with Crippen molar-refractivity contribution >= 4 is 18.3 Å². The van der Waals surface area contributed by atoms with Crippen LogP contribution in [0.5, 0.6) is 0 Å². The van der Waals surface area contributed by atoms with Gasteiger partial charge in [0.1, 0.15) is 0 Å². The van der Waals surface area contributed by atoms with E-state index in [0.717, 1.165) is 32.2 Å². The summed E-state index contributed by atoms with van der Waals surface area (Å²) in [6.45, 7) is 2.98. The molecular weight excluding hydrogens is 272 g/mol. The minimum atomic E-state index is 0. The van der Waals surface area contributed by atoms with E-state index in [4.69, 9.17) is 5.73 Å². The van der Waals surface area contributed by atoms with Crippen molar-refractivity contribution in [2.45, 2.75) is 83.2 Å². The van der Waals surface area contributed by atoms with E-state index in [2.05, 4.69) is 4.90 Å². The van der Waals surface area contributed by atoms with E-state index >= 15 is 0 Å². The summed E-state index contributed by atoms with van der Waals surface area (Å²) >= 11 is 0. The smallest absolute Gasteiger partial charge is 0.225 e. The molecule has 118 valence electrons. The Morgan fingerprint density at radius 2 is 1.55 bits per heavy atom. The maximum absolute atomic E-state index is 12.8. The van der Waals surface area contributed by atoms with Crippen molar-refractivity contribution in [1.82, 2.24) is 4.90 Å². The van der Waals surface area contributed by atoms with Crippen LogP contribution in [0.3, 0.4) is 0 Å². The Kier molecular flexibility index (Phi) is 7.90. The fourth-order valence-corrected chi connectivity index (χ4v) is 3.72. The highest BCUT2D eigenvalue weighted by atomic mass is 35.5. The first-order valence-electron chi connectivity index (χ1n) is 8.26. The fourth-order valence-electron chi connectivity index (χ4n) is 3.72. The van der Waals surface area contributed by atoms with Crippen molar-refractivity contribution in [3.63, 3.8) is 0 Å². The predicted octanol–water partition coefficient (Wildman–Crippen LogP) is 3.50. The highest BCUT2D eigenvalue weighted by molar-refractivity contribution is 5.85. The third kappa shape index (κ3) is 4.63. The van der Waals surface area contributed by atoms with Crippen LogP contribution in [0.2, 0.25) is 0 Å². The molecule has 20 heavy (non-hydrogen) atoms. The van der Waals surface area contributed by atoms with Gasteiger partial charge in [0.25, 0.3) is 0 Å². The first kappa shape index (κ1) is 17.8. The van der Waals surface area contributed by atoms with Crippen molar-refractivity contribution < 1.29 is 4.79 Å². The summed E-state index contributed by atoms with van der Waals surface area (Å²) in [5, 5.41) is 0. The third-order valence-corrected chi connectivity index (χ3v) is 4.89. The van der Waals surface area contributed by atoms with Crippen molar-refractivity contribution in [3.05, 3.63) is 0 Å². The molecule has 2 fully saturated rings. The molecule has 1 aliphatic carbocycles. The summed E-state index contributed by atoms with van der Waals surface area (Å²) < 4.78 is 0. The summed E-state index contributed by atoms with van der Waals surface area (Å²) in [5.41, 5.74) is 6.09. The zero-order valence-corrected chi connectivity index (χ0v) is 13.7. The number of nitrogens with two attached hydrogens (primary N) is 1. The Morgan fingerprint density at radius 1 is 1.00 bits per heavy atom. The van der Waals surface area contributed by atoms with E-state index in [9.17, 15) is 4.79 Å². The van der Waals surface area contributed by atoms with Gasteiger partial charge in [0.15, 0.2) is 0 Å². The molecule has 4 heteroatoms. The molecule has 0 aromatic carbocycles. The van der Waals surface area contributed by atoms with Crippen molar-refractivity contribution in [2.24, 2.45) is 11.7 Å². The zero-order valence-electron chi connectivity index (χ0n) is 12.9. The Hall–Kier alpha value is -0.280. The van der Waals surface area contributed by atoms with Gasteiger partial charge in [-0.2, -0.15) is 0 Å². The molecule has 1 aliphatic heterocycles. The van der Waals surface area contributed by atoms with Gasteiger partial charge in [-0.15, -0.1) is 12.4 Å². The van der Waals surface area contributed by atoms with Crippen molar-refractivity contribution in [1.29, 1.82) is 0 Å². The minimum Gasteiger partial charge on any atom is -0.338 e. The van der Waals surface area contributed by atoms with E-state index < -0.39 is 0 Å². The number of carbonyl (C=O) groups is 1. The average molecular weight is 303 g/mol. The Morgan fingerprint density at radius 3 is 2.15 bits per heavy atom. The highest BCUT2D eigenvalue weighted by Crippen LogP contribution is 2.27. The summed E-state index contributed by atoms with van der Waals surface area (Å²) in [5.74, 6) is 0.684. The second-order valence-electron chi connectivity index (χ2n) is 6.50. The lowest BCUT2D eigenvalue weighted by molar-refractivity contribution is -0.140. The summed E-state index contributed by atoms with van der Waals surface area (Å²) in [6.07, 6.45) is 12.1. The quantitative estimate of drug-likeness (QED) is 0.848. The van der Waals surface area contributed by atoms with E-state index in [1.165, 1.54) is 38.5 Å². The molecule has 3 nitrogen and oxygen atoms in total. The highest BCUT2D eigenvalue weighted by Gasteiger charge is 2.32. The van der Waals surface area contributed by atoms with Crippen molar-refractivity contribution in [3.8, 4) is 0 Å². The number of hydrogen-bond acceptors (Lipinski definition) is 2. The average Bonchev–Trinajstić information content (AvgIpc) is 2.37. The Balaban J connectivity index is 0.00000200. The van der Waals surface area contributed by atoms with Crippen LogP contribution < -0.4 is 5.73 Å². The molecule has 0 aromatic heterocycles. The molecule has 1 saturated carbocycles. The third-order valence-electron chi connectivity index (χ3n) is 4.89. The van der Waals surface area contributed by atoms with E-state index in [1.54, 1.807) is 0 Å². The van der Waals surface area contributed by atoms with E-state index in [-0.39, 0.29) is 30.4 Å². The molecule has 1 heterocycles. The number of likely N-dealkylation sites (tertiary alicyclic amines) is 1. The fraction of sp³-hybridized carbons (Fsp3) is 0.938. The predicted molar refractivity (Wildman–Crippen MR) is 86.1 cm³/mol. The lowest BCUT2D eigenvalue weighted by Gasteiger charge is -2.40. The van der Waals surface area contributed by atoms with Crippen LogP contribution in [0.25, 0.3) is 0 Å². The monoisotopic (exact) mass is 302 g/mol. The summed E-state index contributed by atoms with van der Waals surface area (Å²) in [6, 6.07) is 0.393. The molecule has 0 spiro atoms. The Bertz CT molecular complexity index is 288. The van der Waals surface area contributed by atoms with Crippen LogP contribution in [0, 0.1) is 5.92 Å². The first-order chi connectivity index (χ1) is 9.20. The number of piperidine rings is 1. The number of rotatable bonds is 2. The van der Waals surface area contributed by atoms with Gasteiger partial charge in [-0.05, 0) is 39.0 Å². The topological polar surface area (TPSA) is 46.3 Å². The lowest BCUT2D eigenvalue weighted by atomic mass is 9.88. The summed E-state index contributed by atoms with van der Waals surface area (Å²) in [4.78, 5) is 14.9. The largest absolute Gasteiger partial charge is 0.338 e. The second kappa shape index (κ2) is 8.89. The van der Waals surface area contributed by atoms with Crippen LogP contribution in [-0.2, 0) is 4.79 Å². The van der Waals surface area contributed by atoms with Gasteiger partial charge in [0.2, 0.25) is 5.91 Å². The summed E-state index contributed by atoms with van der Waals surface area (Å²) in [7, 11) is 0. The molecule has 1 saturated heterocycles. The maximum atomic E-state index is 12.8. The van der Waals surface area contributed by atoms with Gasteiger partial charge in [-0.25, -0.2) is 0 Å². The molecule has 2 N–H and O–H groups in total. The molecule has 2 unspecified atom stereocenters. The Labute approximate surface area is 130 Å². The second-order valence-corrected chi connectivity index (χ2v) is 6.50. The van der Waals surface area contributed by atoms with Crippen LogP contribution in [0.15, 0.2) is 0 Å². The van der Waals surface area contributed by atoms with Crippen LogP contribution in [-0.4, -0.2) is 29.4 Å². The lowest BCUT2D eigenvalue weighted by Crippen LogP contribution is -2.53. The van der Waals surface area contributed by atoms with E-state index in [0.29, 0.717) is 5.91 Å². The van der Waals surface area contributed by atoms with Crippen LogP contribution >= 0.6 is 12.4 Å². The number of hydrogen-bond donors (Lipinski definition) is 1. The standard InChI is InChI=1S/C16H30N2O.ClH/c1-13(17)15-11-7-8-12-18(15)16(19)14-9-5-3-2-4-6-10-14;/h13-15H,2-12,17H2,1H3;1H. The SMILES string of the molecule is CC(N)C1CCCCN1C(=O)C1CCCCCCC1.Cl. The molecule has 2 rings (SSSR count). The van der Waals surface area contributed by atoms with Gasteiger partial charge >= 0.3 is 0 Å². The molecule has 2 aliphatic rings. The molecule has 0 aromatic rings. The normalized spacial score (nSPS) is 27.1. The molecular formula is C16H31ClN2O. The molecule has 0 radical (unpaired) electrons. The number of amides is 1. The molecule has 0 bridgehead atoms. The minimum absolute atomic E-state index is 0. The van der Waals surface area contributed by atoms with E-state index in [1.807, 2.05) is 6.92 Å². The van der Waals surface area contributed by atoms with Gasteiger partial charge in [-0.3, -0.25) is 4.79 Å². The van der Waals surface area contributed by atoms with Gasteiger partial charge in [0.05, 0.1) is 0 Å². The number of nitrogens with zero attached hydrogens (tertiary/aromatic N) is 1. The van der Waals surface area contributed by atoms with Crippen LogP contribution in [0.4, 0.5) is 0 Å². The van der Waals surface area contributed by atoms with Crippen molar-refractivity contribution in [2.75, 3.05) is 6.54 Å². The van der Waals surface area contributed by atoms with Gasteiger partial charge in [0, 0.05) is 24.5 Å². The molecule has 1 amide bonds. The maximum Gasteiger partial charge on any atom is 0.225 e. The van der Waals surface area contributed by atoms with Crippen LogP contribution in [0.1, 0.15) is 71.1 Å². The number of halogens is 1. The molecule has 2 atom stereocenters. The zero-order chi connectivity index (χ0) is 13.7. The number of carbonyl (C=O) groups excluding carboxylic acids is 1.